The van der Waals surface area contributed by atoms with E-state index in [1.807, 2.05) is 0 Å². The van der Waals surface area contributed by atoms with E-state index in [4.69, 9.17) is 10.8 Å². The summed E-state index contributed by atoms with van der Waals surface area (Å²) in [5.74, 6) is -3.63. The quantitative estimate of drug-likeness (QED) is 0.390. The first-order valence-corrected chi connectivity index (χ1v) is 13.6. The van der Waals surface area contributed by atoms with Gasteiger partial charge in [0.2, 0.25) is 5.43 Å². The molecule has 0 unspecified atom stereocenters. The largest absolute Gasteiger partial charge is 0.502 e. The van der Waals surface area contributed by atoms with Gasteiger partial charge in [-0.1, -0.05) is 24.4 Å². The van der Waals surface area contributed by atoms with Gasteiger partial charge in [0.1, 0.15) is 22.3 Å². The van der Waals surface area contributed by atoms with Gasteiger partial charge in [-0.25, -0.2) is 21.9 Å². The van der Waals surface area contributed by atoms with Gasteiger partial charge in [0, 0.05) is 44.8 Å². The van der Waals surface area contributed by atoms with Crippen molar-refractivity contribution in [3.05, 3.63) is 75.9 Å². The molecule has 2 aliphatic rings. The van der Waals surface area contributed by atoms with Gasteiger partial charge < -0.3 is 10.0 Å². The molecule has 1 aromatic carbocycles. The number of nitrogens with zero attached hydrogens (tertiary/aromatic N) is 3. The van der Waals surface area contributed by atoms with Crippen molar-refractivity contribution in [3.8, 4) is 5.75 Å². The van der Waals surface area contributed by atoms with Crippen LogP contribution in [0.2, 0.25) is 0 Å². The third-order valence-corrected chi connectivity index (χ3v) is 9.06. The lowest BCUT2D eigenvalue weighted by molar-refractivity contribution is 0.0372. The van der Waals surface area contributed by atoms with Crippen LogP contribution in [0, 0.1) is 22.5 Å². The fourth-order valence-electron chi connectivity index (χ4n) is 4.56. The molecule has 2 aromatic rings. The number of carbonyl (C=O) groups is 1. The monoisotopic (exact) mass is 551 g/mol. The lowest BCUT2D eigenvalue weighted by Gasteiger charge is -2.54. The maximum Gasteiger partial charge on any atom is 0.278 e. The summed E-state index contributed by atoms with van der Waals surface area (Å²) in [5.41, 5.74) is -2.84. The van der Waals surface area contributed by atoms with Gasteiger partial charge in [-0.3, -0.25) is 25.4 Å². The molecule has 3 heterocycles. The van der Waals surface area contributed by atoms with E-state index in [2.05, 4.69) is 6.58 Å². The first-order valence-electron chi connectivity index (χ1n) is 11.0. The number of rotatable bonds is 4. The average molecular weight is 552 g/mol. The second-order valence-corrected chi connectivity index (χ2v) is 12.1. The van der Waals surface area contributed by atoms with Crippen LogP contribution in [0.15, 0.2) is 42.0 Å². The number of sulfone groups is 1. The SMILES string of the molecule is C=CN1n2cc(C(=N)SC(=N)Cc3ccc(F)cc3F)c(=O)c(O)c2C(=O)N(C)C12CCS(=O)(=O)CC2. The molecule has 14 heteroatoms. The molecule has 1 fully saturated rings. The van der Waals surface area contributed by atoms with Gasteiger partial charge in [0.15, 0.2) is 21.3 Å². The number of benzene rings is 1. The van der Waals surface area contributed by atoms with E-state index in [9.17, 15) is 31.9 Å². The molecule has 1 amide bonds. The molecule has 1 saturated heterocycles. The number of amides is 1. The summed E-state index contributed by atoms with van der Waals surface area (Å²) in [4.78, 5) is 27.5. The summed E-state index contributed by atoms with van der Waals surface area (Å²) in [5, 5.41) is 28.0. The van der Waals surface area contributed by atoms with E-state index >= 15 is 0 Å². The van der Waals surface area contributed by atoms with Crippen LogP contribution in [-0.2, 0) is 16.3 Å². The molecule has 0 radical (unpaired) electrons. The fourth-order valence-corrected chi connectivity index (χ4v) is 6.77. The molecule has 37 heavy (non-hydrogen) atoms. The first-order chi connectivity index (χ1) is 17.3. The highest BCUT2D eigenvalue weighted by Crippen LogP contribution is 2.38. The molecule has 10 nitrogen and oxygen atoms in total. The van der Waals surface area contributed by atoms with Gasteiger partial charge in [0.25, 0.3) is 5.91 Å². The number of fused-ring (bicyclic) bond motifs is 1. The summed E-state index contributed by atoms with van der Waals surface area (Å²) in [6, 6.07) is 2.90. The topological polar surface area (TPSA) is 148 Å². The lowest BCUT2D eigenvalue weighted by atomic mass is 9.97. The average Bonchev–Trinajstić information content (AvgIpc) is 2.83. The van der Waals surface area contributed by atoms with Gasteiger partial charge in [-0.05, 0) is 11.6 Å². The fraction of sp³-hybridized carbons (Fsp3) is 0.304. The van der Waals surface area contributed by atoms with E-state index in [1.54, 1.807) is 0 Å². The van der Waals surface area contributed by atoms with E-state index in [1.165, 1.54) is 33.9 Å². The highest BCUT2D eigenvalue weighted by Gasteiger charge is 2.51. The van der Waals surface area contributed by atoms with Crippen molar-refractivity contribution in [1.82, 2.24) is 9.58 Å². The van der Waals surface area contributed by atoms with Gasteiger partial charge >= 0.3 is 0 Å². The first kappa shape index (κ1) is 26.5. The van der Waals surface area contributed by atoms with Crippen LogP contribution in [0.5, 0.6) is 5.75 Å². The smallest absolute Gasteiger partial charge is 0.278 e. The van der Waals surface area contributed by atoms with E-state index < -0.39 is 49.3 Å². The zero-order valence-electron chi connectivity index (χ0n) is 19.6. The van der Waals surface area contributed by atoms with Gasteiger partial charge in [-0.15, -0.1) is 0 Å². The third-order valence-electron chi connectivity index (χ3n) is 6.59. The van der Waals surface area contributed by atoms with Crippen LogP contribution >= 0.6 is 11.8 Å². The van der Waals surface area contributed by atoms with Gasteiger partial charge in [0.05, 0.1) is 22.1 Å². The normalized spacial score (nSPS) is 18.0. The van der Waals surface area contributed by atoms with Crippen molar-refractivity contribution in [1.29, 1.82) is 10.8 Å². The van der Waals surface area contributed by atoms with Crippen molar-refractivity contribution >= 4 is 37.6 Å². The summed E-state index contributed by atoms with van der Waals surface area (Å²) >= 11 is 0.534. The van der Waals surface area contributed by atoms with Crippen molar-refractivity contribution < 1.29 is 27.1 Å². The Kier molecular flexibility index (Phi) is 6.75. The Bertz CT molecular complexity index is 1510. The minimum Gasteiger partial charge on any atom is -0.502 e. The molecular formula is C23H23F2N5O5S2. The molecule has 2 aliphatic heterocycles. The van der Waals surface area contributed by atoms with E-state index in [0.29, 0.717) is 17.8 Å². The molecule has 3 N–H and O–H groups in total. The van der Waals surface area contributed by atoms with Crippen LogP contribution in [0.1, 0.15) is 34.5 Å². The maximum atomic E-state index is 14.0. The second-order valence-electron chi connectivity index (χ2n) is 8.71. The van der Waals surface area contributed by atoms with E-state index in [0.717, 1.165) is 12.3 Å². The Morgan fingerprint density at radius 2 is 1.89 bits per heavy atom. The minimum absolute atomic E-state index is 0.0253. The Labute approximate surface area is 215 Å². The molecule has 4 rings (SSSR count). The number of pyridine rings is 1. The number of halogens is 2. The van der Waals surface area contributed by atoms with Crippen LogP contribution in [0.3, 0.4) is 0 Å². The zero-order chi connectivity index (χ0) is 27.3. The molecule has 196 valence electrons. The van der Waals surface area contributed by atoms with Crippen LogP contribution in [0.4, 0.5) is 8.78 Å². The molecule has 1 aromatic heterocycles. The van der Waals surface area contributed by atoms with Gasteiger partial charge in [-0.2, -0.15) is 0 Å². The number of aromatic hydroxyl groups is 1. The minimum atomic E-state index is -3.31. The lowest BCUT2D eigenvalue weighted by Crippen LogP contribution is -2.69. The number of nitrogens with one attached hydrogen (secondary N) is 2. The molecule has 0 aliphatic carbocycles. The Balaban J connectivity index is 1.71. The highest BCUT2D eigenvalue weighted by atomic mass is 32.2. The number of aromatic nitrogens is 1. The zero-order valence-corrected chi connectivity index (χ0v) is 21.3. The number of thioether (sulfide) groups is 1. The molecular weight excluding hydrogens is 528 g/mol. The Morgan fingerprint density at radius 3 is 2.49 bits per heavy atom. The number of hydrogen-bond acceptors (Lipinski definition) is 9. The molecule has 0 bridgehead atoms. The summed E-state index contributed by atoms with van der Waals surface area (Å²) in [7, 11) is -1.86. The Morgan fingerprint density at radius 1 is 1.24 bits per heavy atom. The summed E-state index contributed by atoms with van der Waals surface area (Å²) in [6.07, 6.45) is 2.33. The van der Waals surface area contributed by atoms with Crippen molar-refractivity contribution in [2.24, 2.45) is 0 Å². The molecule has 0 atom stereocenters. The van der Waals surface area contributed by atoms with Crippen LogP contribution in [-0.4, -0.2) is 63.3 Å². The number of hydrogen-bond donors (Lipinski definition) is 3. The van der Waals surface area contributed by atoms with E-state index in [-0.39, 0.29) is 52.6 Å². The predicted octanol–water partition coefficient (Wildman–Crippen LogP) is 2.18. The molecule has 0 saturated carbocycles. The van der Waals surface area contributed by atoms with Crippen molar-refractivity contribution in [3.63, 3.8) is 0 Å². The second kappa shape index (κ2) is 9.41. The third kappa shape index (κ3) is 4.55. The summed E-state index contributed by atoms with van der Waals surface area (Å²) < 4.78 is 52.5. The highest BCUT2D eigenvalue weighted by molar-refractivity contribution is 8.26. The predicted molar refractivity (Wildman–Crippen MR) is 136 cm³/mol. The number of carbonyl (C=O) groups excluding carboxylic acids is 1. The Hall–Kier alpha value is -3.52. The van der Waals surface area contributed by atoms with Crippen LogP contribution < -0.4 is 10.4 Å². The summed E-state index contributed by atoms with van der Waals surface area (Å²) in [6.45, 7) is 3.77. The molecule has 1 spiro atoms. The van der Waals surface area contributed by atoms with Crippen LogP contribution in [0.25, 0.3) is 0 Å². The maximum absolute atomic E-state index is 14.0. The standard InChI is InChI=1S/C23H23F2N5O5S2/c1-3-30-23(6-8-37(34,35)9-7-23)28(2)22(33)18-20(32)19(31)15(12-29(18)30)21(27)36-17(26)10-13-4-5-14(24)11-16(13)25/h3-5,11-12,26-27,32H,1,6-10H2,2H3. The van der Waals surface area contributed by atoms with Crippen molar-refractivity contribution in [2.45, 2.75) is 24.9 Å². The van der Waals surface area contributed by atoms with Crippen molar-refractivity contribution in [2.75, 3.05) is 23.6 Å².